The molecule has 0 fully saturated rings. The van der Waals surface area contributed by atoms with Crippen LogP contribution in [0.5, 0.6) is 0 Å². The van der Waals surface area contributed by atoms with Gasteiger partial charge in [-0.25, -0.2) is 14.6 Å². The van der Waals surface area contributed by atoms with Gasteiger partial charge in [0, 0.05) is 24.2 Å². The summed E-state index contributed by atoms with van der Waals surface area (Å²) in [6.07, 6.45) is 0.498. The Morgan fingerprint density at radius 3 is 2.36 bits per heavy atom. The third kappa shape index (κ3) is 9.28. The number of nitrogens with one attached hydrogen (secondary N) is 2. The third-order valence-electron chi connectivity index (χ3n) is 6.02. The molecule has 1 aromatic heterocycles. The Bertz CT molecular complexity index is 1400. The van der Waals surface area contributed by atoms with E-state index in [1.807, 2.05) is 41.5 Å². The van der Waals surface area contributed by atoms with Gasteiger partial charge in [-0.3, -0.25) is 10.1 Å². The summed E-state index contributed by atoms with van der Waals surface area (Å²) < 4.78 is 17.7. The predicted octanol–water partition coefficient (Wildman–Crippen LogP) is 5.58. The van der Waals surface area contributed by atoms with Gasteiger partial charge in [0.1, 0.15) is 5.60 Å². The summed E-state index contributed by atoms with van der Waals surface area (Å²) >= 11 is 0. The van der Waals surface area contributed by atoms with Crippen LogP contribution >= 0.6 is 0 Å². The number of alkyl carbamates (subject to hydrolysis) is 1. The summed E-state index contributed by atoms with van der Waals surface area (Å²) in [5.41, 5.74) is 1.02. The molecule has 0 aliphatic carbocycles. The second-order valence-corrected chi connectivity index (χ2v) is 11.9. The number of aromatic nitrogens is 2. The van der Waals surface area contributed by atoms with Crippen LogP contribution in [0, 0.1) is 0 Å². The van der Waals surface area contributed by atoms with Crippen molar-refractivity contribution in [1.82, 2.24) is 14.9 Å². The molecule has 11 nitrogen and oxygen atoms in total. The molecule has 2 amide bonds. The summed E-state index contributed by atoms with van der Waals surface area (Å²) in [5.74, 6) is -0.672. The van der Waals surface area contributed by atoms with Gasteiger partial charge in [-0.2, -0.15) is 0 Å². The van der Waals surface area contributed by atoms with Crippen molar-refractivity contribution in [3.8, 4) is 0 Å². The number of carbonyl (C=O) groups is 3. The van der Waals surface area contributed by atoms with Crippen molar-refractivity contribution in [1.29, 1.82) is 0 Å². The summed E-state index contributed by atoms with van der Waals surface area (Å²) in [5, 5.41) is 16.1. The van der Waals surface area contributed by atoms with Crippen molar-refractivity contribution >= 4 is 35.0 Å². The van der Waals surface area contributed by atoms with Crippen LogP contribution in [-0.4, -0.2) is 57.5 Å². The van der Waals surface area contributed by atoms with Crippen LogP contribution in [-0.2, 0) is 20.8 Å². The highest BCUT2D eigenvalue weighted by Crippen LogP contribution is 2.26. The van der Waals surface area contributed by atoms with Crippen LogP contribution in [0.2, 0.25) is 0 Å². The first-order valence-corrected chi connectivity index (χ1v) is 14.0. The lowest BCUT2D eigenvalue weighted by atomic mass is 10.1. The number of rotatable bonds is 11. The SMILES string of the molecule is COC(=O)c1cccc2nc(NC(=O)c3cccc(C(O)OC(C)(C)C)c3)n(CCCCCNC(=O)OC(C)(C)C)c12. The average molecular weight is 583 g/mol. The monoisotopic (exact) mass is 582 g/mol. The number of aliphatic hydroxyl groups excluding tert-OH is 1. The van der Waals surface area contributed by atoms with E-state index < -0.39 is 35.5 Å². The molecule has 228 valence electrons. The summed E-state index contributed by atoms with van der Waals surface area (Å²) in [7, 11) is 1.31. The second-order valence-electron chi connectivity index (χ2n) is 11.9. The Labute approximate surface area is 246 Å². The van der Waals surface area contributed by atoms with Crippen LogP contribution in [0.3, 0.4) is 0 Å². The zero-order chi connectivity index (χ0) is 31.1. The van der Waals surface area contributed by atoms with Crippen LogP contribution in [0.4, 0.5) is 10.7 Å². The Morgan fingerprint density at radius 1 is 0.976 bits per heavy atom. The molecule has 3 N–H and O–H groups in total. The molecule has 11 heteroatoms. The Kier molecular flexibility index (Phi) is 10.7. The maximum atomic E-state index is 13.3. The zero-order valence-electron chi connectivity index (χ0n) is 25.4. The number of hydrogen-bond donors (Lipinski definition) is 3. The van der Waals surface area contributed by atoms with Crippen LogP contribution < -0.4 is 10.6 Å². The van der Waals surface area contributed by atoms with Gasteiger partial charge >= 0.3 is 12.1 Å². The molecule has 0 bridgehead atoms. The number of unbranched alkanes of at least 4 members (excludes halogenated alkanes) is 2. The molecular formula is C31H42N4O7. The molecular weight excluding hydrogens is 540 g/mol. The van der Waals surface area contributed by atoms with Gasteiger partial charge in [-0.15, -0.1) is 0 Å². The highest BCUT2D eigenvalue weighted by molar-refractivity contribution is 6.06. The lowest BCUT2D eigenvalue weighted by Gasteiger charge is -2.24. The van der Waals surface area contributed by atoms with Gasteiger partial charge in [-0.1, -0.05) is 18.2 Å². The topological polar surface area (TPSA) is 141 Å². The van der Waals surface area contributed by atoms with Crippen LogP contribution in [0.15, 0.2) is 42.5 Å². The molecule has 3 aromatic rings. The number of carbonyl (C=O) groups excluding carboxylic acids is 3. The normalized spacial score (nSPS) is 12.6. The van der Waals surface area contributed by atoms with Crippen LogP contribution in [0.25, 0.3) is 11.0 Å². The van der Waals surface area contributed by atoms with E-state index in [0.29, 0.717) is 53.7 Å². The number of amides is 2. The largest absolute Gasteiger partial charge is 0.465 e. The molecule has 1 heterocycles. The minimum absolute atomic E-state index is 0.273. The minimum atomic E-state index is -1.20. The average Bonchev–Trinajstić information content (AvgIpc) is 3.25. The maximum Gasteiger partial charge on any atom is 0.407 e. The zero-order valence-corrected chi connectivity index (χ0v) is 25.4. The third-order valence-corrected chi connectivity index (χ3v) is 6.02. The fraction of sp³-hybridized carbons (Fsp3) is 0.484. The fourth-order valence-electron chi connectivity index (χ4n) is 4.26. The van der Waals surface area contributed by atoms with E-state index in [4.69, 9.17) is 14.2 Å². The number of para-hydroxylation sites is 1. The van der Waals surface area contributed by atoms with Crippen molar-refractivity contribution in [3.05, 3.63) is 59.2 Å². The lowest BCUT2D eigenvalue weighted by Crippen LogP contribution is -2.33. The van der Waals surface area contributed by atoms with E-state index in [1.54, 1.807) is 47.0 Å². The number of aliphatic hydroxyl groups is 1. The van der Waals surface area contributed by atoms with Gasteiger partial charge in [0.25, 0.3) is 5.91 Å². The number of ether oxygens (including phenoxy) is 3. The van der Waals surface area contributed by atoms with Gasteiger partial charge in [0.05, 0.1) is 29.3 Å². The molecule has 0 spiro atoms. The Hall–Kier alpha value is -3.96. The second kappa shape index (κ2) is 13.8. The molecule has 3 rings (SSSR count). The predicted molar refractivity (Wildman–Crippen MR) is 159 cm³/mol. The van der Waals surface area contributed by atoms with Gasteiger partial charge in [0.15, 0.2) is 6.29 Å². The van der Waals surface area contributed by atoms with E-state index in [1.165, 1.54) is 7.11 Å². The van der Waals surface area contributed by atoms with Crippen molar-refractivity contribution in [3.63, 3.8) is 0 Å². The van der Waals surface area contributed by atoms with Crippen molar-refractivity contribution in [2.75, 3.05) is 19.0 Å². The standard InChI is InChI=1S/C31H42N4O7/c1-30(2,3)41-26(37)21-14-11-13-20(19-21)25(36)34-28-33-23-16-12-15-22(27(38)40-7)24(23)35(28)18-10-8-9-17-32-29(39)42-31(4,5)6/h11-16,19,26,37H,8-10,17-18H2,1-7H3,(H,32,39)(H,33,34,36). The summed E-state index contributed by atoms with van der Waals surface area (Å²) in [4.78, 5) is 42.4. The number of aryl methyl sites for hydroxylation is 1. The van der Waals surface area contributed by atoms with Crippen molar-refractivity contribution in [2.45, 2.75) is 84.8 Å². The van der Waals surface area contributed by atoms with Gasteiger partial charge < -0.3 is 29.2 Å². The summed E-state index contributed by atoms with van der Waals surface area (Å²) in [6.45, 7) is 11.8. The van der Waals surface area contributed by atoms with Crippen molar-refractivity contribution in [2.24, 2.45) is 0 Å². The highest BCUT2D eigenvalue weighted by Gasteiger charge is 2.22. The van der Waals surface area contributed by atoms with E-state index in [2.05, 4.69) is 15.6 Å². The molecule has 0 saturated carbocycles. The number of imidazole rings is 1. The number of anilines is 1. The van der Waals surface area contributed by atoms with Crippen LogP contribution in [0.1, 0.15) is 93.4 Å². The molecule has 0 aliphatic rings. The fourth-order valence-corrected chi connectivity index (χ4v) is 4.26. The molecule has 0 radical (unpaired) electrons. The first-order chi connectivity index (χ1) is 19.7. The highest BCUT2D eigenvalue weighted by atomic mass is 16.6. The molecule has 0 saturated heterocycles. The first kappa shape index (κ1) is 32.6. The maximum absolute atomic E-state index is 13.3. The Balaban J connectivity index is 1.79. The molecule has 1 unspecified atom stereocenters. The first-order valence-electron chi connectivity index (χ1n) is 14.0. The number of fused-ring (bicyclic) bond motifs is 1. The summed E-state index contributed by atoms with van der Waals surface area (Å²) in [6, 6.07) is 11.7. The number of esters is 1. The number of benzene rings is 2. The number of nitrogens with zero attached hydrogens (tertiary/aromatic N) is 2. The lowest BCUT2D eigenvalue weighted by molar-refractivity contribution is -0.169. The molecule has 0 aliphatic heterocycles. The van der Waals surface area contributed by atoms with E-state index >= 15 is 0 Å². The van der Waals surface area contributed by atoms with E-state index in [9.17, 15) is 19.5 Å². The Morgan fingerprint density at radius 2 is 1.69 bits per heavy atom. The number of methoxy groups -OCH3 is 1. The van der Waals surface area contributed by atoms with E-state index in [-0.39, 0.29) is 5.95 Å². The van der Waals surface area contributed by atoms with Crippen molar-refractivity contribution < 1.29 is 33.7 Å². The van der Waals surface area contributed by atoms with E-state index in [0.717, 1.165) is 6.42 Å². The number of hydrogen-bond acceptors (Lipinski definition) is 8. The smallest absolute Gasteiger partial charge is 0.407 e. The quantitative estimate of drug-likeness (QED) is 0.151. The molecule has 1 atom stereocenters. The van der Waals surface area contributed by atoms with Gasteiger partial charge in [-0.05, 0) is 85.1 Å². The van der Waals surface area contributed by atoms with Gasteiger partial charge in [0.2, 0.25) is 5.95 Å². The molecule has 42 heavy (non-hydrogen) atoms. The molecule has 2 aromatic carbocycles. The minimum Gasteiger partial charge on any atom is -0.465 e.